The monoisotopic (exact) mass is 370 g/mol. The Morgan fingerprint density at radius 2 is 1.78 bits per heavy atom. The number of rotatable bonds is 5. The van der Waals surface area contributed by atoms with Crippen molar-refractivity contribution in [2.24, 2.45) is 0 Å². The molecule has 1 aliphatic heterocycles. The van der Waals surface area contributed by atoms with E-state index in [0.717, 1.165) is 24.8 Å². The lowest BCUT2D eigenvalue weighted by molar-refractivity contribution is -0.142. The number of carbonyl (C=O) groups is 1. The van der Waals surface area contributed by atoms with Crippen LogP contribution in [0.3, 0.4) is 0 Å². The Balaban J connectivity index is 1.59. The minimum atomic E-state index is -0.288. The van der Waals surface area contributed by atoms with Crippen LogP contribution < -0.4 is 0 Å². The Kier molecular flexibility index (Phi) is 5.83. The van der Waals surface area contributed by atoms with Crippen molar-refractivity contribution in [3.8, 4) is 0 Å². The van der Waals surface area contributed by atoms with E-state index < -0.39 is 0 Å². The summed E-state index contributed by atoms with van der Waals surface area (Å²) in [5.74, 6) is 0.339. The summed E-state index contributed by atoms with van der Waals surface area (Å²) in [4.78, 5) is 11.6. The van der Waals surface area contributed by atoms with E-state index in [0.29, 0.717) is 18.9 Å². The number of benzene rings is 1. The second-order valence-corrected chi connectivity index (χ2v) is 8.56. The quantitative estimate of drug-likeness (QED) is 0.561. The first-order chi connectivity index (χ1) is 12.7. The van der Waals surface area contributed by atoms with Gasteiger partial charge in [-0.1, -0.05) is 30.3 Å². The van der Waals surface area contributed by atoms with Crippen LogP contribution in [0.4, 0.5) is 0 Å². The molecule has 1 saturated heterocycles. The predicted octanol–water partition coefficient (Wildman–Crippen LogP) is 4.62. The van der Waals surface area contributed by atoms with Crippen LogP contribution in [0, 0.1) is 0 Å². The largest absolute Gasteiger partial charge is 0.490 e. The van der Waals surface area contributed by atoms with Gasteiger partial charge in [-0.25, -0.2) is 0 Å². The topological polar surface area (TPSA) is 44.8 Å². The number of allylic oxidation sites excluding steroid dienone is 2. The van der Waals surface area contributed by atoms with Crippen LogP contribution in [0.1, 0.15) is 70.9 Å². The summed E-state index contributed by atoms with van der Waals surface area (Å²) < 4.78 is 17.4. The molecule has 5 heteroatoms. The minimum absolute atomic E-state index is 0.169. The van der Waals surface area contributed by atoms with Crippen LogP contribution in [0.15, 0.2) is 35.8 Å². The maximum atomic E-state index is 11.6. The van der Waals surface area contributed by atoms with Gasteiger partial charge in [0, 0.05) is 0 Å². The number of hydrogen-bond donors (Lipinski definition) is 0. The van der Waals surface area contributed by atoms with Crippen LogP contribution in [0.2, 0.25) is 0 Å². The summed E-state index contributed by atoms with van der Waals surface area (Å²) in [5, 5.41) is 0. The van der Waals surface area contributed by atoms with E-state index in [9.17, 15) is 4.79 Å². The number of esters is 1. The molecular formula is C22H31BO4. The maximum Gasteiger partial charge on any atom is 0.490 e. The van der Waals surface area contributed by atoms with Crippen molar-refractivity contribution < 1.29 is 18.8 Å². The molecule has 1 unspecified atom stereocenters. The summed E-state index contributed by atoms with van der Waals surface area (Å²) in [6, 6.07) is 8.37. The molecule has 0 spiro atoms. The van der Waals surface area contributed by atoms with Gasteiger partial charge in [0.1, 0.15) is 0 Å². The van der Waals surface area contributed by atoms with Gasteiger partial charge in [0.25, 0.3) is 0 Å². The average molecular weight is 370 g/mol. The molecule has 1 fully saturated rings. The second kappa shape index (κ2) is 7.80. The Hall–Kier alpha value is -1.59. The molecule has 0 N–H and O–H groups in total. The fourth-order valence-corrected chi connectivity index (χ4v) is 3.65. The molecule has 1 heterocycles. The van der Waals surface area contributed by atoms with Crippen molar-refractivity contribution in [2.45, 2.75) is 77.4 Å². The van der Waals surface area contributed by atoms with Gasteiger partial charge in [-0.05, 0) is 76.4 Å². The molecule has 0 aromatic heterocycles. The first kappa shape index (κ1) is 20.2. The molecule has 1 aromatic rings. The van der Waals surface area contributed by atoms with Crippen LogP contribution in [-0.4, -0.2) is 30.9 Å². The van der Waals surface area contributed by atoms with Gasteiger partial charge in [0.15, 0.2) is 0 Å². The summed E-state index contributed by atoms with van der Waals surface area (Å²) in [7, 11) is -0.220. The zero-order chi connectivity index (χ0) is 19.7. The van der Waals surface area contributed by atoms with Gasteiger partial charge in [-0.15, -0.1) is 0 Å². The normalized spacial score (nSPS) is 23.8. The smallest absolute Gasteiger partial charge is 0.466 e. The zero-order valence-electron chi connectivity index (χ0n) is 17.2. The van der Waals surface area contributed by atoms with Gasteiger partial charge in [-0.3, -0.25) is 4.79 Å². The van der Waals surface area contributed by atoms with Crippen molar-refractivity contribution in [1.82, 2.24) is 0 Å². The highest BCUT2D eigenvalue weighted by atomic mass is 16.7. The first-order valence-corrected chi connectivity index (χ1v) is 10.0. The highest BCUT2D eigenvalue weighted by Crippen LogP contribution is 2.41. The molecule has 2 aliphatic rings. The molecule has 27 heavy (non-hydrogen) atoms. The van der Waals surface area contributed by atoms with E-state index >= 15 is 0 Å². The van der Waals surface area contributed by atoms with E-state index in [1.807, 2.05) is 19.1 Å². The summed E-state index contributed by atoms with van der Waals surface area (Å²) >= 11 is 0. The van der Waals surface area contributed by atoms with E-state index in [1.54, 1.807) is 0 Å². The van der Waals surface area contributed by atoms with E-state index in [1.165, 1.54) is 11.0 Å². The van der Waals surface area contributed by atoms with Crippen molar-refractivity contribution in [3.05, 3.63) is 46.9 Å². The molecule has 146 valence electrons. The molecule has 0 bridgehead atoms. The maximum absolute atomic E-state index is 11.6. The van der Waals surface area contributed by atoms with Crippen LogP contribution >= 0.6 is 0 Å². The standard InChI is InChI=1S/C22H31BO4/c1-6-25-20(24)15-16-7-9-17(10-8-16)18-11-13-19(14-12-18)23-26-21(2,3)22(4,5)27-23/h7-10,13,18H,6,11-12,14-15H2,1-5H3. The molecule has 1 aliphatic carbocycles. The lowest BCUT2D eigenvalue weighted by atomic mass is 9.69. The van der Waals surface area contributed by atoms with Crippen molar-refractivity contribution in [1.29, 1.82) is 0 Å². The molecule has 4 nitrogen and oxygen atoms in total. The van der Waals surface area contributed by atoms with Gasteiger partial charge >= 0.3 is 13.1 Å². The Bertz CT molecular complexity index is 690. The third kappa shape index (κ3) is 4.46. The predicted molar refractivity (Wildman–Crippen MR) is 108 cm³/mol. The van der Waals surface area contributed by atoms with Gasteiger partial charge < -0.3 is 14.0 Å². The third-order valence-electron chi connectivity index (χ3n) is 6.11. The van der Waals surface area contributed by atoms with Crippen molar-refractivity contribution >= 4 is 13.1 Å². The SMILES string of the molecule is CCOC(=O)Cc1ccc(C2CC=C(B3OC(C)(C)C(C)(C)O3)CC2)cc1. The van der Waals surface area contributed by atoms with E-state index in [-0.39, 0.29) is 24.3 Å². The van der Waals surface area contributed by atoms with E-state index in [2.05, 4.69) is 45.9 Å². The highest BCUT2D eigenvalue weighted by molar-refractivity contribution is 6.54. The lowest BCUT2D eigenvalue weighted by Gasteiger charge is -2.32. The Labute approximate surface area is 163 Å². The lowest BCUT2D eigenvalue weighted by Crippen LogP contribution is -2.41. The highest BCUT2D eigenvalue weighted by Gasteiger charge is 2.52. The zero-order valence-corrected chi connectivity index (χ0v) is 17.2. The molecule has 0 saturated carbocycles. The van der Waals surface area contributed by atoms with Gasteiger partial charge in [0.2, 0.25) is 0 Å². The fraction of sp³-hybridized carbons (Fsp3) is 0.591. The third-order valence-corrected chi connectivity index (χ3v) is 6.11. The van der Waals surface area contributed by atoms with Crippen LogP contribution in [-0.2, 0) is 25.3 Å². The van der Waals surface area contributed by atoms with Gasteiger partial charge in [-0.2, -0.15) is 0 Å². The van der Waals surface area contributed by atoms with Crippen LogP contribution in [0.25, 0.3) is 0 Å². The van der Waals surface area contributed by atoms with Crippen LogP contribution in [0.5, 0.6) is 0 Å². The summed E-state index contributed by atoms with van der Waals surface area (Å²) in [6.45, 7) is 10.6. The first-order valence-electron chi connectivity index (χ1n) is 10.0. The Morgan fingerprint density at radius 3 is 2.30 bits per heavy atom. The molecule has 0 amide bonds. The Morgan fingerprint density at radius 1 is 1.15 bits per heavy atom. The molecular weight excluding hydrogens is 339 g/mol. The minimum Gasteiger partial charge on any atom is -0.466 e. The summed E-state index contributed by atoms with van der Waals surface area (Å²) in [6.07, 6.45) is 5.71. The second-order valence-electron chi connectivity index (χ2n) is 8.56. The van der Waals surface area contributed by atoms with Crippen molar-refractivity contribution in [2.75, 3.05) is 6.61 Å². The molecule has 1 aromatic carbocycles. The number of ether oxygens (including phenoxy) is 1. The number of carbonyl (C=O) groups excluding carboxylic acids is 1. The average Bonchev–Trinajstić information content (AvgIpc) is 2.84. The molecule has 3 rings (SSSR count). The molecule has 1 atom stereocenters. The molecule has 0 radical (unpaired) electrons. The number of hydrogen-bond acceptors (Lipinski definition) is 4. The van der Waals surface area contributed by atoms with Crippen molar-refractivity contribution in [3.63, 3.8) is 0 Å². The fourth-order valence-electron chi connectivity index (χ4n) is 3.65. The summed E-state index contributed by atoms with van der Waals surface area (Å²) in [5.41, 5.74) is 3.02. The van der Waals surface area contributed by atoms with Gasteiger partial charge in [0.05, 0.1) is 24.2 Å². The van der Waals surface area contributed by atoms with E-state index in [4.69, 9.17) is 14.0 Å².